The third-order valence-corrected chi connectivity index (χ3v) is 2.99. The van der Waals surface area contributed by atoms with Crippen LogP contribution < -0.4 is 10.2 Å². The summed E-state index contributed by atoms with van der Waals surface area (Å²) < 4.78 is 13.2. The van der Waals surface area contributed by atoms with Gasteiger partial charge in [-0.25, -0.2) is 4.39 Å². The van der Waals surface area contributed by atoms with E-state index in [-0.39, 0.29) is 11.5 Å². The number of carbonyl (C=O) groups is 1. The Labute approximate surface area is 122 Å². The third-order valence-electron chi connectivity index (χ3n) is 2.99. The summed E-state index contributed by atoms with van der Waals surface area (Å²) in [6.07, 6.45) is 0. The Hall–Kier alpha value is -2.87. The maximum atomic E-state index is 13.2. The minimum atomic E-state index is -0.606. The highest BCUT2D eigenvalue weighted by molar-refractivity contribution is 6.04. The molecule has 0 aromatic heterocycles. The summed E-state index contributed by atoms with van der Waals surface area (Å²) in [5, 5.41) is 11.4. The van der Waals surface area contributed by atoms with Crippen LogP contribution in [0.15, 0.2) is 42.5 Å². The average molecular weight is 283 g/mol. The highest BCUT2D eigenvalue weighted by Crippen LogP contribution is 2.16. The number of hydrogen-bond donors (Lipinski definition) is 1. The smallest absolute Gasteiger partial charge is 0.255 e. The molecule has 0 saturated carbocycles. The van der Waals surface area contributed by atoms with Crippen LogP contribution >= 0.6 is 0 Å². The number of hydrogen-bond acceptors (Lipinski definition) is 3. The summed E-state index contributed by atoms with van der Waals surface area (Å²) in [7, 11) is 3.83. The Balaban J connectivity index is 2.16. The molecule has 0 saturated heterocycles. The Morgan fingerprint density at radius 2 is 1.86 bits per heavy atom. The molecule has 0 aliphatic rings. The summed E-state index contributed by atoms with van der Waals surface area (Å²) in [4.78, 5) is 14.0. The molecule has 0 bridgehead atoms. The molecule has 1 N–H and O–H groups in total. The van der Waals surface area contributed by atoms with E-state index in [1.165, 1.54) is 12.1 Å². The van der Waals surface area contributed by atoms with Gasteiger partial charge in [-0.05, 0) is 42.5 Å². The molecule has 0 heterocycles. The molecule has 4 nitrogen and oxygen atoms in total. The van der Waals surface area contributed by atoms with Crippen molar-refractivity contribution in [3.8, 4) is 6.07 Å². The van der Waals surface area contributed by atoms with Crippen molar-refractivity contribution in [2.45, 2.75) is 0 Å². The van der Waals surface area contributed by atoms with Gasteiger partial charge in [-0.2, -0.15) is 5.26 Å². The monoisotopic (exact) mass is 283 g/mol. The van der Waals surface area contributed by atoms with E-state index >= 15 is 0 Å². The van der Waals surface area contributed by atoms with Gasteiger partial charge in [0.2, 0.25) is 0 Å². The number of carbonyl (C=O) groups excluding carboxylic acids is 1. The molecule has 2 rings (SSSR count). The standard InChI is InChI=1S/C16H14FN3O/c1-20(2)14-6-3-11(4-7-14)16(21)19-13-5-8-15(17)12(9-13)10-18/h3-9H,1-2H3,(H,19,21). The Kier molecular flexibility index (Phi) is 4.19. The zero-order chi connectivity index (χ0) is 15.4. The number of halogens is 1. The number of nitriles is 1. The van der Waals surface area contributed by atoms with E-state index in [2.05, 4.69) is 5.32 Å². The first-order valence-electron chi connectivity index (χ1n) is 6.29. The summed E-state index contributed by atoms with van der Waals surface area (Å²) in [6, 6.07) is 12.7. The predicted octanol–water partition coefficient (Wildman–Crippen LogP) is 3.02. The van der Waals surface area contributed by atoms with Gasteiger partial charge in [-0.15, -0.1) is 0 Å². The molecule has 21 heavy (non-hydrogen) atoms. The fourth-order valence-corrected chi connectivity index (χ4v) is 1.80. The Morgan fingerprint density at radius 3 is 2.43 bits per heavy atom. The molecule has 0 aliphatic carbocycles. The van der Waals surface area contributed by atoms with E-state index in [1.807, 2.05) is 31.1 Å². The van der Waals surface area contributed by atoms with Gasteiger partial charge in [0.1, 0.15) is 11.9 Å². The molecule has 0 spiro atoms. The predicted molar refractivity (Wildman–Crippen MR) is 79.8 cm³/mol. The van der Waals surface area contributed by atoms with Crippen molar-refractivity contribution in [3.63, 3.8) is 0 Å². The van der Waals surface area contributed by atoms with E-state index in [9.17, 15) is 9.18 Å². The van der Waals surface area contributed by atoms with Crippen molar-refractivity contribution in [1.82, 2.24) is 0 Å². The van der Waals surface area contributed by atoms with E-state index in [0.717, 1.165) is 11.8 Å². The number of benzene rings is 2. The molecule has 1 amide bonds. The van der Waals surface area contributed by atoms with Crippen LogP contribution in [0.2, 0.25) is 0 Å². The first kappa shape index (κ1) is 14.5. The van der Waals surface area contributed by atoms with Crippen LogP contribution in [0.3, 0.4) is 0 Å². The van der Waals surface area contributed by atoms with Crippen LogP contribution in [0.5, 0.6) is 0 Å². The second-order valence-electron chi connectivity index (χ2n) is 4.70. The topological polar surface area (TPSA) is 56.1 Å². The van der Waals surface area contributed by atoms with Crippen LogP contribution in [0, 0.1) is 17.1 Å². The van der Waals surface area contributed by atoms with Gasteiger partial charge >= 0.3 is 0 Å². The molecule has 0 atom stereocenters. The van der Waals surface area contributed by atoms with Crippen LogP contribution in [-0.2, 0) is 0 Å². The molecule has 2 aromatic carbocycles. The van der Waals surface area contributed by atoms with Crippen molar-refractivity contribution < 1.29 is 9.18 Å². The largest absolute Gasteiger partial charge is 0.378 e. The van der Waals surface area contributed by atoms with E-state index in [4.69, 9.17) is 5.26 Å². The summed E-state index contributed by atoms with van der Waals surface area (Å²) in [5.41, 5.74) is 1.76. The zero-order valence-electron chi connectivity index (χ0n) is 11.7. The van der Waals surface area contributed by atoms with Crippen molar-refractivity contribution in [1.29, 1.82) is 5.26 Å². The molecule has 0 unspecified atom stereocenters. The van der Waals surface area contributed by atoms with Crippen LogP contribution in [0.4, 0.5) is 15.8 Å². The fourth-order valence-electron chi connectivity index (χ4n) is 1.80. The molecule has 0 radical (unpaired) electrons. The third kappa shape index (κ3) is 3.37. The summed E-state index contributed by atoms with van der Waals surface area (Å²) in [6.45, 7) is 0. The van der Waals surface area contributed by atoms with Crippen molar-refractivity contribution in [2.75, 3.05) is 24.3 Å². The summed E-state index contributed by atoms with van der Waals surface area (Å²) in [5.74, 6) is -0.915. The van der Waals surface area contributed by atoms with Crippen molar-refractivity contribution in [3.05, 3.63) is 59.4 Å². The van der Waals surface area contributed by atoms with Gasteiger partial charge in [0.15, 0.2) is 0 Å². The lowest BCUT2D eigenvalue weighted by atomic mass is 10.1. The van der Waals surface area contributed by atoms with Crippen LogP contribution in [-0.4, -0.2) is 20.0 Å². The highest BCUT2D eigenvalue weighted by atomic mass is 19.1. The highest BCUT2D eigenvalue weighted by Gasteiger charge is 2.08. The number of amides is 1. The summed E-state index contributed by atoms with van der Waals surface area (Å²) >= 11 is 0. The van der Waals surface area contributed by atoms with Gasteiger partial charge < -0.3 is 10.2 Å². The van der Waals surface area contributed by atoms with Gasteiger partial charge in [-0.1, -0.05) is 0 Å². The van der Waals surface area contributed by atoms with Gasteiger partial charge in [-0.3, -0.25) is 4.79 Å². The second kappa shape index (κ2) is 6.06. The number of rotatable bonds is 3. The Morgan fingerprint density at radius 1 is 1.19 bits per heavy atom. The zero-order valence-corrected chi connectivity index (χ0v) is 11.7. The minimum Gasteiger partial charge on any atom is -0.378 e. The maximum absolute atomic E-state index is 13.2. The Bertz CT molecular complexity index is 702. The average Bonchev–Trinajstić information content (AvgIpc) is 2.49. The lowest BCUT2D eigenvalue weighted by Gasteiger charge is -2.12. The lowest BCUT2D eigenvalue weighted by molar-refractivity contribution is 0.102. The number of nitrogens with one attached hydrogen (secondary N) is 1. The van der Waals surface area contributed by atoms with Gasteiger partial charge in [0.05, 0.1) is 5.56 Å². The van der Waals surface area contributed by atoms with Crippen molar-refractivity contribution >= 4 is 17.3 Å². The minimum absolute atomic E-state index is 0.101. The molecule has 106 valence electrons. The number of anilines is 2. The van der Waals surface area contributed by atoms with E-state index in [0.29, 0.717) is 11.3 Å². The van der Waals surface area contributed by atoms with E-state index in [1.54, 1.807) is 18.2 Å². The molecular formula is C16H14FN3O. The molecular weight excluding hydrogens is 269 g/mol. The second-order valence-corrected chi connectivity index (χ2v) is 4.70. The van der Waals surface area contributed by atoms with Crippen molar-refractivity contribution in [2.24, 2.45) is 0 Å². The van der Waals surface area contributed by atoms with Crippen LogP contribution in [0.1, 0.15) is 15.9 Å². The normalized spacial score (nSPS) is 9.81. The van der Waals surface area contributed by atoms with Gasteiger partial charge in [0, 0.05) is 31.0 Å². The number of nitrogens with zero attached hydrogens (tertiary/aromatic N) is 2. The molecule has 5 heteroatoms. The molecule has 0 aliphatic heterocycles. The molecule has 2 aromatic rings. The lowest BCUT2D eigenvalue weighted by Crippen LogP contribution is -2.13. The van der Waals surface area contributed by atoms with Crippen LogP contribution in [0.25, 0.3) is 0 Å². The molecule has 0 fully saturated rings. The quantitative estimate of drug-likeness (QED) is 0.942. The SMILES string of the molecule is CN(C)c1ccc(C(=O)Nc2ccc(F)c(C#N)c2)cc1. The fraction of sp³-hybridized carbons (Fsp3) is 0.125. The first-order valence-corrected chi connectivity index (χ1v) is 6.29. The van der Waals surface area contributed by atoms with E-state index < -0.39 is 5.82 Å². The van der Waals surface area contributed by atoms with Gasteiger partial charge in [0.25, 0.3) is 5.91 Å². The maximum Gasteiger partial charge on any atom is 0.255 e. The first-order chi connectivity index (χ1) is 10.0.